The van der Waals surface area contributed by atoms with Crippen molar-refractivity contribution >= 4 is 33.1 Å². The molecule has 164 valence electrons. The van der Waals surface area contributed by atoms with Gasteiger partial charge in [0.25, 0.3) is 5.91 Å². The number of methoxy groups -OCH3 is 3. The number of nitrogens with zero attached hydrogens (tertiary/aromatic N) is 1. The van der Waals surface area contributed by atoms with Crippen molar-refractivity contribution < 1.29 is 19.0 Å². The maximum atomic E-state index is 12.9. The fourth-order valence-corrected chi connectivity index (χ4v) is 4.35. The summed E-state index contributed by atoms with van der Waals surface area (Å²) in [5.74, 6) is 1.81. The van der Waals surface area contributed by atoms with E-state index in [1.807, 2.05) is 48.5 Å². The van der Waals surface area contributed by atoms with Gasteiger partial charge in [-0.3, -0.25) is 4.79 Å². The first kappa shape index (κ1) is 21.5. The predicted octanol–water partition coefficient (Wildman–Crippen LogP) is 4.50. The molecular formula is C24H23N3O4S. The van der Waals surface area contributed by atoms with Crippen molar-refractivity contribution in [2.45, 2.75) is 6.54 Å². The second kappa shape index (κ2) is 9.15. The molecule has 0 bridgehead atoms. The number of fused-ring (bicyclic) bond motifs is 1. The minimum Gasteiger partial charge on any atom is -0.497 e. The summed E-state index contributed by atoms with van der Waals surface area (Å²) in [7, 11) is 4.80. The summed E-state index contributed by atoms with van der Waals surface area (Å²) < 4.78 is 15.9. The first-order chi connectivity index (χ1) is 15.5. The number of carbonyl (C=O) groups excluding carboxylic acids is 1. The lowest BCUT2D eigenvalue weighted by atomic mass is 10.1. The Kier molecular flexibility index (Phi) is 6.13. The Bertz CT molecular complexity index is 1260. The Morgan fingerprint density at radius 3 is 2.38 bits per heavy atom. The average molecular weight is 450 g/mol. The van der Waals surface area contributed by atoms with Crippen LogP contribution in [-0.4, -0.2) is 32.2 Å². The molecule has 4 aromatic rings. The Balaban J connectivity index is 1.57. The maximum absolute atomic E-state index is 12.9. The highest BCUT2D eigenvalue weighted by molar-refractivity contribution is 7.21. The fourth-order valence-electron chi connectivity index (χ4n) is 3.34. The Labute approximate surface area is 189 Å². The third-order valence-electron chi connectivity index (χ3n) is 5.03. The van der Waals surface area contributed by atoms with Crippen LogP contribution in [0.2, 0.25) is 0 Å². The molecule has 0 atom stereocenters. The van der Waals surface area contributed by atoms with Gasteiger partial charge in [0.1, 0.15) is 27.0 Å². The number of thiophene rings is 1. The minimum absolute atomic E-state index is 0.254. The number of rotatable bonds is 7. The molecule has 2 heterocycles. The van der Waals surface area contributed by atoms with E-state index in [9.17, 15) is 4.79 Å². The largest absolute Gasteiger partial charge is 0.497 e. The second-order valence-corrected chi connectivity index (χ2v) is 8.03. The van der Waals surface area contributed by atoms with Gasteiger partial charge in [-0.2, -0.15) is 0 Å². The van der Waals surface area contributed by atoms with Gasteiger partial charge < -0.3 is 25.3 Å². The van der Waals surface area contributed by atoms with Gasteiger partial charge in [-0.15, -0.1) is 11.3 Å². The van der Waals surface area contributed by atoms with Crippen LogP contribution in [0.3, 0.4) is 0 Å². The molecule has 2 aromatic heterocycles. The van der Waals surface area contributed by atoms with Crippen LogP contribution in [0.15, 0.2) is 54.6 Å². The number of hydrogen-bond donors (Lipinski definition) is 2. The van der Waals surface area contributed by atoms with Crippen LogP contribution in [-0.2, 0) is 6.54 Å². The van der Waals surface area contributed by atoms with Crippen LogP contribution in [0.25, 0.3) is 21.5 Å². The molecule has 3 N–H and O–H groups in total. The van der Waals surface area contributed by atoms with E-state index in [2.05, 4.69) is 5.32 Å². The van der Waals surface area contributed by atoms with Crippen LogP contribution in [0.1, 0.15) is 15.2 Å². The van der Waals surface area contributed by atoms with E-state index in [0.717, 1.165) is 28.0 Å². The lowest BCUT2D eigenvalue weighted by Crippen LogP contribution is -2.22. The summed E-state index contributed by atoms with van der Waals surface area (Å²) in [5, 5.41) is 3.68. The van der Waals surface area contributed by atoms with Gasteiger partial charge in [-0.1, -0.05) is 12.1 Å². The van der Waals surface area contributed by atoms with Crippen molar-refractivity contribution in [1.29, 1.82) is 0 Å². The van der Waals surface area contributed by atoms with Gasteiger partial charge in [0.2, 0.25) is 0 Å². The van der Waals surface area contributed by atoms with Crippen molar-refractivity contribution in [2.24, 2.45) is 0 Å². The van der Waals surface area contributed by atoms with Gasteiger partial charge in [-0.05, 0) is 42.0 Å². The number of nitrogens with one attached hydrogen (secondary N) is 1. The smallest absolute Gasteiger partial charge is 0.263 e. The van der Waals surface area contributed by atoms with Gasteiger partial charge in [0.05, 0.1) is 32.7 Å². The van der Waals surface area contributed by atoms with E-state index >= 15 is 0 Å². The molecule has 7 nitrogen and oxygen atoms in total. The number of hydrogen-bond acceptors (Lipinski definition) is 7. The summed E-state index contributed by atoms with van der Waals surface area (Å²) in [4.78, 5) is 18.7. The standard InChI is InChI=1S/C24H23N3O4S/c1-29-16-6-4-5-15(11-16)20-8-7-19-21(25)22(32-24(19)27-20)23(28)26-13-14-9-17(30-2)12-18(10-14)31-3/h4-12H,13,25H2,1-3H3,(H,26,28). The van der Waals surface area contributed by atoms with Gasteiger partial charge in [0.15, 0.2) is 0 Å². The zero-order valence-electron chi connectivity index (χ0n) is 18.0. The minimum atomic E-state index is -0.254. The van der Waals surface area contributed by atoms with Gasteiger partial charge in [0, 0.05) is 23.6 Å². The molecule has 8 heteroatoms. The number of nitrogen functional groups attached to an aromatic ring is 1. The quantitative estimate of drug-likeness (QED) is 0.431. The summed E-state index contributed by atoms with van der Waals surface area (Å²) in [6, 6.07) is 16.9. The van der Waals surface area contributed by atoms with Crippen LogP contribution >= 0.6 is 11.3 Å². The SMILES string of the molecule is COc1cc(CNC(=O)c2sc3nc(-c4cccc(OC)c4)ccc3c2N)cc(OC)c1. The molecule has 1 amide bonds. The number of amides is 1. The molecule has 0 radical (unpaired) electrons. The molecule has 32 heavy (non-hydrogen) atoms. The molecule has 0 aliphatic rings. The van der Waals surface area contributed by atoms with Gasteiger partial charge in [-0.25, -0.2) is 4.98 Å². The van der Waals surface area contributed by atoms with Crippen molar-refractivity contribution in [1.82, 2.24) is 10.3 Å². The van der Waals surface area contributed by atoms with Crippen molar-refractivity contribution in [3.05, 3.63) is 65.0 Å². The molecule has 2 aromatic carbocycles. The van der Waals surface area contributed by atoms with Crippen LogP contribution in [0.4, 0.5) is 5.69 Å². The molecular weight excluding hydrogens is 426 g/mol. The summed E-state index contributed by atoms with van der Waals surface area (Å²) in [5.41, 5.74) is 9.28. The summed E-state index contributed by atoms with van der Waals surface area (Å²) >= 11 is 1.27. The van der Waals surface area contributed by atoms with E-state index in [1.165, 1.54) is 11.3 Å². The molecule has 4 rings (SSSR count). The predicted molar refractivity (Wildman–Crippen MR) is 127 cm³/mol. The summed E-state index contributed by atoms with van der Waals surface area (Å²) in [6.45, 7) is 0.308. The number of carbonyl (C=O) groups is 1. The normalized spacial score (nSPS) is 10.7. The van der Waals surface area contributed by atoms with Crippen molar-refractivity contribution in [3.63, 3.8) is 0 Å². The van der Waals surface area contributed by atoms with E-state index in [1.54, 1.807) is 27.4 Å². The second-order valence-electron chi connectivity index (χ2n) is 7.03. The fraction of sp³-hybridized carbons (Fsp3) is 0.167. The van der Waals surface area contributed by atoms with Crippen LogP contribution in [0.5, 0.6) is 17.2 Å². The Hall–Kier alpha value is -3.78. The van der Waals surface area contributed by atoms with Crippen LogP contribution < -0.4 is 25.3 Å². The van der Waals surface area contributed by atoms with Crippen LogP contribution in [0, 0.1) is 0 Å². The lowest BCUT2D eigenvalue weighted by molar-refractivity contribution is 0.0955. The average Bonchev–Trinajstić information content (AvgIpc) is 3.18. The highest BCUT2D eigenvalue weighted by Gasteiger charge is 2.18. The van der Waals surface area contributed by atoms with E-state index in [4.69, 9.17) is 24.9 Å². The molecule has 0 fully saturated rings. The van der Waals surface area contributed by atoms with Gasteiger partial charge >= 0.3 is 0 Å². The molecule has 0 aliphatic heterocycles. The molecule has 0 spiro atoms. The zero-order valence-corrected chi connectivity index (χ0v) is 18.8. The molecule has 0 saturated carbocycles. The van der Waals surface area contributed by atoms with Crippen molar-refractivity contribution in [3.8, 4) is 28.5 Å². The third kappa shape index (κ3) is 4.31. The summed E-state index contributed by atoms with van der Waals surface area (Å²) in [6.07, 6.45) is 0. The molecule has 0 unspecified atom stereocenters. The number of anilines is 1. The highest BCUT2D eigenvalue weighted by Crippen LogP contribution is 2.34. The number of benzene rings is 2. The highest BCUT2D eigenvalue weighted by atomic mass is 32.1. The van der Waals surface area contributed by atoms with E-state index in [-0.39, 0.29) is 5.91 Å². The number of nitrogens with two attached hydrogens (primary N) is 1. The third-order valence-corrected chi connectivity index (χ3v) is 6.14. The first-order valence-corrected chi connectivity index (χ1v) is 10.7. The number of aromatic nitrogens is 1. The Morgan fingerprint density at radius 2 is 1.69 bits per heavy atom. The monoisotopic (exact) mass is 449 g/mol. The Morgan fingerprint density at radius 1 is 0.969 bits per heavy atom. The number of pyridine rings is 1. The van der Waals surface area contributed by atoms with Crippen molar-refractivity contribution in [2.75, 3.05) is 27.1 Å². The number of ether oxygens (including phenoxy) is 3. The zero-order chi connectivity index (χ0) is 22.7. The first-order valence-electron chi connectivity index (χ1n) is 9.86. The molecule has 0 aliphatic carbocycles. The molecule has 0 saturated heterocycles. The maximum Gasteiger partial charge on any atom is 0.263 e. The topological polar surface area (TPSA) is 95.7 Å². The van der Waals surface area contributed by atoms with E-state index < -0.39 is 0 Å². The lowest BCUT2D eigenvalue weighted by Gasteiger charge is -2.09. The van der Waals surface area contributed by atoms with E-state index in [0.29, 0.717) is 33.4 Å².